The van der Waals surface area contributed by atoms with Gasteiger partial charge in [-0.15, -0.1) is 16.4 Å². The highest BCUT2D eigenvalue weighted by Crippen LogP contribution is 2.35. The first kappa shape index (κ1) is 21.4. The van der Waals surface area contributed by atoms with Crippen LogP contribution >= 0.6 is 11.3 Å². The molecule has 30 heavy (non-hydrogen) atoms. The molecule has 0 bridgehead atoms. The summed E-state index contributed by atoms with van der Waals surface area (Å²) in [4.78, 5) is 19.2. The van der Waals surface area contributed by atoms with E-state index in [1.807, 2.05) is 44.2 Å². The topological polar surface area (TPSA) is 93.7 Å². The largest absolute Gasteiger partial charge is 0.423 e. The first-order valence-corrected chi connectivity index (χ1v) is 10.2. The van der Waals surface area contributed by atoms with Crippen molar-refractivity contribution in [1.29, 1.82) is 5.26 Å². The van der Waals surface area contributed by atoms with Crippen molar-refractivity contribution < 1.29 is 9.53 Å². The number of nitrogens with zero attached hydrogens (tertiary/aromatic N) is 5. The first-order valence-electron chi connectivity index (χ1n) is 9.42. The van der Waals surface area contributed by atoms with Crippen LogP contribution in [0.3, 0.4) is 0 Å². The molecule has 2 heterocycles. The summed E-state index contributed by atoms with van der Waals surface area (Å²) in [5.74, 6) is -0.271. The fraction of sp³-hybridized carbons (Fsp3) is 0.318. The summed E-state index contributed by atoms with van der Waals surface area (Å²) in [7, 11) is 0. The van der Waals surface area contributed by atoms with Crippen LogP contribution in [0.4, 0.5) is 0 Å². The lowest BCUT2D eigenvalue weighted by Crippen LogP contribution is -2.22. The Kier molecular flexibility index (Phi) is 5.85. The summed E-state index contributed by atoms with van der Waals surface area (Å²) >= 11 is 1.37. The van der Waals surface area contributed by atoms with Crippen molar-refractivity contribution in [2.45, 2.75) is 41.5 Å². The van der Waals surface area contributed by atoms with Crippen LogP contribution in [0.15, 0.2) is 30.3 Å². The van der Waals surface area contributed by atoms with E-state index in [-0.39, 0.29) is 11.3 Å². The van der Waals surface area contributed by atoms with E-state index in [4.69, 9.17) is 4.74 Å². The van der Waals surface area contributed by atoms with Gasteiger partial charge in [-0.3, -0.25) is 4.79 Å². The molecule has 0 spiro atoms. The number of para-hydroxylation sites is 1. The third-order valence-electron chi connectivity index (χ3n) is 4.26. The fourth-order valence-corrected chi connectivity index (χ4v) is 3.60. The highest BCUT2D eigenvalue weighted by molar-refractivity contribution is 7.12. The van der Waals surface area contributed by atoms with Gasteiger partial charge < -0.3 is 4.74 Å². The minimum atomic E-state index is -0.740. The number of allylic oxidation sites excluding steroid dienone is 1. The molecule has 3 rings (SSSR count). The van der Waals surface area contributed by atoms with Crippen molar-refractivity contribution in [2.75, 3.05) is 0 Å². The normalized spacial score (nSPS) is 12.3. The van der Waals surface area contributed by atoms with E-state index in [1.54, 1.807) is 27.7 Å². The van der Waals surface area contributed by atoms with Gasteiger partial charge in [0.2, 0.25) is 0 Å². The van der Waals surface area contributed by atoms with E-state index in [1.165, 1.54) is 16.1 Å². The molecule has 154 valence electrons. The number of carbonyl (C=O) groups is 1. The molecular weight excluding hydrogens is 398 g/mol. The quantitative estimate of drug-likeness (QED) is 0.346. The van der Waals surface area contributed by atoms with Crippen molar-refractivity contribution in [2.24, 2.45) is 5.41 Å². The molecule has 0 saturated heterocycles. The van der Waals surface area contributed by atoms with Crippen LogP contribution in [0.1, 0.15) is 47.7 Å². The van der Waals surface area contributed by atoms with E-state index in [9.17, 15) is 10.1 Å². The van der Waals surface area contributed by atoms with Gasteiger partial charge in [-0.1, -0.05) is 18.2 Å². The van der Waals surface area contributed by atoms with Crippen LogP contribution < -0.4 is 0 Å². The lowest BCUT2D eigenvalue weighted by molar-refractivity contribution is -0.145. The summed E-state index contributed by atoms with van der Waals surface area (Å²) in [6.45, 7) is 10.8. The summed E-state index contributed by atoms with van der Waals surface area (Å²) in [6, 6.07) is 11.6. The lowest BCUT2D eigenvalue weighted by atomic mass is 9.97. The summed E-state index contributed by atoms with van der Waals surface area (Å²) in [5.41, 5.74) is 1.79. The van der Waals surface area contributed by atoms with Crippen molar-refractivity contribution in [3.8, 4) is 11.8 Å². The van der Waals surface area contributed by atoms with Gasteiger partial charge in [0, 0.05) is 0 Å². The van der Waals surface area contributed by atoms with Crippen molar-refractivity contribution >= 4 is 28.6 Å². The maximum Gasteiger partial charge on any atom is 0.316 e. The van der Waals surface area contributed by atoms with Crippen LogP contribution in [-0.2, 0) is 9.53 Å². The average molecular weight is 422 g/mol. The second-order valence-corrected chi connectivity index (χ2v) is 9.07. The first-order chi connectivity index (χ1) is 14.1. The second kappa shape index (κ2) is 8.20. The molecule has 3 aromatic rings. The fourth-order valence-electron chi connectivity index (χ4n) is 2.70. The molecule has 0 fully saturated rings. The maximum atomic E-state index is 12.7. The number of esters is 1. The molecule has 1 aromatic carbocycles. The molecule has 0 aliphatic carbocycles. The Morgan fingerprint density at radius 2 is 1.77 bits per heavy atom. The van der Waals surface area contributed by atoms with Gasteiger partial charge >= 0.3 is 5.97 Å². The standard InChI is InChI=1S/C22H23N5O2S/c1-13-18(26-27(25-13)16-10-8-7-9-11-16)17(12-23)19(29-21(28)22(4,5)6)20-14(2)24-15(3)30-20/h7-11H,1-6H3. The number of aryl methyl sites for hydroxylation is 3. The Labute approximate surface area is 179 Å². The second-order valence-electron chi connectivity index (χ2n) is 7.86. The number of carbonyl (C=O) groups excluding carboxylic acids is 1. The average Bonchev–Trinajstić information content (AvgIpc) is 3.23. The van der Waals surface area contributed by atoms with E-state index >= 15 is 0 Å². The highest BCUT2D eigenvalue weighted by Gasteiger charge is 2.30. The predicted octanol–water partition coefficient (Wildman–Crippen LogP) is 4.63. The molecule has 8 heteroatoms. The van der Waals surface area contributed by atoms with E-state index in [0.717, 1.165) is 10.7 Å². The Bertz CT molecular complexity index is 1160. The van der Waals surface area contributed by atoms with E-state index in [2.05, 4.69) is 21.3 Å². The molecule has 2 aromatic heterocycles. The van der Waals surface area contributed by atoms with Crippen molar-refractivity contribution in [3.05, 3.63) is 57.3 Å². The Hall–Kier alpha value is -3.31. The number of rotatable bonds is 4. The molecule has 0 saturated carbocycles. The number of thiazole rings is 1. The number of hydrogen-bond donors (Lipinski definition) is 0. The van der Waals surface area contributed by atoms with Crippen LogP contribution in [0.5, 0.6) is 0 Å². The van der Waals surface area contributed by atoms with Crippen molar-refractivity contribution in [3.63, 3.8) is 0 Å². The summed E-state index contributed by atoms with van der Waals surface area (Å²) in [5, 5.41) is 19.8. The number of nitriles is 1. The molecule has 0 aliphatic rings. The monoisotopic (exact) mass is 421 g/mol. The van der Waals surface area contributed by atoms with Crippen LogP contribution in [0.25, 0.3) is 17.0 Å². The maximum absolute atomic E-state index is 12.7. The SMILES string of the molecule is Cc1nc(C)c(C(OC(=O)C(C)(C)C)=C(C#N)c2nn(-c3ccccc3)nc2C)s1. The minimum absolute atomic E-state index is 0.152. The van der Waals surface area contributed by atoms with Crippen LogP contribution in [0, 0.1) is 37.5 Å². The van der Waals surface area contributed by atoms with Crippen LogP contribution in [0.2, 0.25) is 0 Å². The third-order valence-corrected chi connectivity index (χ3v) is 5.33. The highest BCUT2D eigenvalue weighted by atomic mass is 32.1. The Morgan fingerprint density at radius 1 is 1.10 bits per heavy atom. The van der Waals surface area contributed by atoms with Gasteiger partial charge in [-0.05, 0) is 53.7 Å². The Morgan fingerprint density at radius 3 is 2.30 bits per heavy atom. The van der Waals surface area contributed by atoms with Gasteiger partial charge in [0.05, 0.1) is 32.4 Å². The summed E-state index contributed by atoms with van der Waals surface area (Å²) in [6.07, 6.45) is 0. The zero-order valence-electron chi connectivity index (χ0n) is 17.8. The molecule has 0 radical (unpaired) electrons. The van der Waals surface area contributed by atoms with Gasteiger partial charge in [0.15, 0.2) is 5.76 Å². The number of benzene rings is 1. The van der Waals surface area contributed by atoms with Gasteiger partial charge in [-0.2, -0.15) is 15.2 Å². The molecule has 0 atom stereocenters. The zero-order valence-corrected chi connectivity index (χ0v) is 18.7. The Balaban J connectivity index is 2.21. The van der Waals surface area contributed by atoms with Crippen molar-refractivity contribution in [1.82, 2.24) is 20.0 Å². The van der Waals surface area contributed by atoms with Gasteiger partial charge in [0.25, 0.3) is 0 Å². The number of aromatic nitrogens is 4. The third kappa shape index (κ3) is 4.31. The molecule has 7 nitrogen and oxygen atoms in total. The molecule has 0 aliphatic heterocycles. The van der Waals surface area contributed by atoms with Crippen LogP contribution in [-0.4, -0.2) is 25.9 Å². The molecular formula is C22H23N5O2S. The zero-order chi connectivity index (χ0) is 22.1. The molecule has 0 unspecified atom stereocenters. The predicted molar refractivity (Wildman–Crippen MR) is 116 cm³/mol. The van der Waals surface area contributed by atoms with E-state index < -0.39 is 11.4 Å². The molecule has 0 N–H and O–H groups in total. The number of hydrogen-bond acceptors (Lipinski definition) is 7. The lowest BCUT2D eigenvalue weighted by Gasteiger charge is -2.18. The van der Waals surface area contributed by atoms with Gasteiger partial charge in [0.1, 0.15) is 17.3 Å². The summed E-state index contributed by atoms with van der Waals surface area (Å²) < 4.78 is 5.78. The smallest absolute Gasteiger partial charge is 0.316 e. The number of ether oxygens (including phenoxy) is 1. The minimum Gasteiger partial charge on any atom is -0.423 e. The van der Waals surface area contributed by atoms with E-state index in [0.29, 0.717) is 22.0 Å². The molecule has 0 amide bonds. The van der Waals surface area contributed by atoms with Gasteiger partial charge in [-0.25, -0.2) is 4.98 Å².